The summed E-state index contributed by atoms with van der Waals surface area (Å²) in [5, 5.41) is 0. The van der Waals surface area contributed by atoms with Crippen molar-refractivity contribution in [2.24, 2.45) is 0 Å². The molecule has 0 radical (unpaired) electrons. The second-order valence-corrected chi connectivity index (χ2v) is 20.1. The summed E-state index contributed by atoms with van der Waals surface area (Å²) >= 11 is -2.40. The monoisotopic (exact) mass is 379 g/mol. The molecule has 0 unspecified atom stereocenters. The van der Waals surface area contributed by atoms with E-state index in [0.29, 0.717) is 6.61 Å². The van der Waals surface area contributed by atoms with Crippen molar-refractivity contribution in [2.45, 2.75) is 21.7 Å². The van der Waals surface area contributed by atoms with Crippen LogP contribution in [0.3, 0.4) is 0 Å². The Kier molecular flexibility index (Phi) is 4.58. The molecule has 20 heavy (non-hydrogen) atoms. The molecule has 3 nitrogen and oxygen atoms in total. The Morgan fingerprint density at radius 3 is 2.40 bits per heavy atom. The molecule has 0 bridgehead atoms. The van der Waals surface area contributed by atoms with Gasteiger partial charge in [0, 0.05) is 0 Å². The zero-order chi connectivity index (χ0) is 14.8. The summed E-state index contributed by atoms with van der Waals surface area (Å²) < 4.78 is 6.38. The Labute approximate surface area is 124 Å². The average Bonchev–Trinajstić information content (AvgIpc) is 2.84. The van der Waals surface area contributed by atoms with Crippen molar-refractivity contribution in [1.82, 2.24) is 4.98 Å². The quantitative estimate of drug-likeness (QED) is 0.655. The third-order valence-electron chi connectivity index (χ3n) is 3.19. The number of H-pyrrole nitrogens is 1. The van der Waals surface area contributed by atoms with Gasteiger partial charge in [0.25, 0.3) is 0 Å². The number of hydrogen-bond acceptors (Lipinski definition) is 2. The molecule has 0 atom stereocenters. The predicted molar refractivity (Wildman–Crippen MR) is 85.2 cm³/mol. The molecule has 0 spiro atoms. The first-order valence-corrected chi connectivity index (χ1v) is 16.9. The Morgan fingerprint density at radius 2 is 1.85 bits per heavy atom. The standard InChI is InChI=1S/C13H12NO2.3CH3.Sn/c1-2-16-13(15)12-9-14-8-11(12)10-6-4-3-5-7-10;;;;/h3-8,14H,2H2,1H3;3*1H3;. The molecule has 1 heterocycles. The summed E-state index contributed by atoms with van der Waals surface area (Å²) in [4.78, 5) is 22.6. The number of esters is 1. The van der Waals surface area contributed by atoms with Crippen molar-refractivity contribution in [2.75, 3.05) is 6.61 Å². The number of carbonyl (C=O) groups excluding carboxylic acids is 1. The molecular formula is C16H21NO2Sn. The number of nitrogens with one attached hydrogen (secondary N) is 1. The molecule has 2 rings (SSSR count). The van der Waals surface area contributed by atoms with Crippen molar-refractivity contribution in [1.29, 1.82) is 0 Å². The van der Waals surface area contributed by atoms with Crippen molar-refractivity contribution >= 4 is 28.1 Å². The summed E-state index contributed by atoms with van der Waals surface area (Å²) in [5.41, 5.74) is 2.74. The van der Waals surface area contributed by atoms with E-state index in [1.165, 1.54) is 0 Å². The molecule has 1 aromatic carbocycles. The molecule has 1 N–H and O–H groups in total. The van der Waals surface area contributed by atoms with Gasteiger partial charge < -0.3 is 0 Å². The van der Waals surface area contributed by atoms with Crippen LogP contribution in [0.1, 0.15) is 17.3 Å². The van der Waals surface area contributed by atoms with E-state index >= 15 is 0 Å². The van der Waals surface area contributed by atoms with Gasteiger partial charge in [0.1, 0.15) is 0 Å². The van der Waals surface area contributed by atoms with E-state index in [9.17, 15) is 4.79 Å². The van der Waals surface area contributed by atoms with Crippen molar-refractivity contribution in [3.05, 3.63) is 42.1 Å². The maximum atomic E-state index is 12.4. The fourth-order valence-corrected chi connectivity index (χ4v) is 6.53. The van der Waals surface area contributed by atoms with Crippen LogP contribution in [0.4, 0.5) is 0 Å². The van der Waals surface area contributed by atoms with Crippen LogP contribution in [0.25, 0.3) is 11.1 Å². The molecule has 2 aromatic rings. The van der Waals surface area contributed by atoms with Gasteiger partial charge in [0.2, 0.25) is 0 Å². The normalized spacial score (nSPS) is 11.4. The van der Waals surface area contributed by atoms with Crippen molar-refractivity contribution in [3.8, 4) is 11.1 Å². The summed E-state index contributed by atoms with van der Waals surface area (Å²) in [6.07, 6.45) is 1.94. The number of hydrogen-bond donors (Lipinski definition) is 1. The van der Waals surface area contributed by atoms with Crippen LogP contribution >= 0.6 is 0 Å². The molecule has 0 saturated heterocycles. The number of rotatable bonds is 4. The van der Waals surface area contributed by atoms with Gasteiger partial charge in [-0.05, 0) is 0 Å². The van der Waals surface area contributed by atoms with Gasteiger partial charge in [-0.15, -0.1) is 0 Å². The van der Waals surface area contributed by atoms with E-state index in [4.69, 9.17) is 4.74 Å². The maximum absolute atomic E-state index is 12.4. The summed E-state index contributed by atoms with van der Waals surface area (Å²) in [5.74, 6) is -0.214. The van der Waals surface area contributed by atoms with Crippen LogP contribution in [0, 0.1) is 0 Å². The fraction of sp³-hybridized carbons (Fsp3) is 0.312. The van der Waals surface area contributed by atoms with Gasteiger partial charge in [0.05, 0.1) is 0 Å². The van der Waals surface area contributed by atoms with Gasteiger partial charge in [-0.25, -0.2) is 0 Å². The van der Waals surface area contributed by atoms with E-state index in [1.807, 2.05) is 43.5 Å². The molecule has 0 aliphatic heterocycles. The average molecular weight is 378 g/mol. The first-order valence-electron chi connectivity index (χ1n) is 6.89. The molecule has 1 aromatic heterocycles. The van der Waals surface area contributed by atoms with Gasteiger partial charge >= 0.3 is 124 Å². The zero-order valence-electron chi connectivity index (χ0n) is 12.5. The number of ether oxygens (including phenoxy) is 1. The number of carbonyl (C=O) groups is 1. The summed E-state index contributed by atoms with van der Waals surface area (Å²) in [6, 6.07) is 9.99. The minimum atomic E-state index is -2.40. The molecule has 4 heteroatoms. The molecule has 0 amide bonds. The second kappa shape index (κ2) is 6.04. The fourth-order valence-electron chi connectivity index (χ4n) is 2.28. The van der Waals surface area contributed by atoms with E-state index in [2.05, 4.69) is 19.8 Å². The van der Waals surface area contributed by atoms with Crippen LogP contribution in [0.15, 0.2) is 36.5 Å². The molecule has 106 valence electrons. The van der Waals surface area contributed by atoms with E-state index < -0.39 is 18.4 Å². The molecule has 0 aliphatic rings. The van der Waals surface area contributed by atoms with Crippen LogP contribution in [0.2, 0.25) is 14.8 Å². The van der Waals surface area contributed by atoms with E-state index in [1.54, 1.807) is 0 Å². The number of aromatic nitrogens is 1. The SMILES string of the molecule is CCOC(=O)c1c(-c2ccccc2)c[nH][c]1[Sn]([CH3])([CH3])[CH3]. The van der Waals surface area contributed by atoms with Crippen molar-refractivity contribution in [3.63, 3.8) is 0 Å². The van der Waals surface area contributed by atoms with Crippen LogP contribution in [0.5, 0.6) is 0 Å². The Morgan fingerprint density at radius 1 is 1.20 bits per heavy atom. The number of aromatic amines is 1. The molecular weight excluding hydrogens is 357 g/mol. The topological polar surface area (TPSA) is 42.1 Å². The van der Waals surface area contributed by atoms with Crippen LogP contribution in [-0.2, 0) is 4.74 Å². The van der Waals surface area contributed by atoms with E-state index in [-0.39, 0.29) is 5.97 Å². The predicted octanol–water partition coefficient (Wildman–Crippen LogP) is 3.40. The van der Waals surface area contributed by atoms with E-state index in [0.717, 1.165) is 20.4 Å². The first kappa shape index (κ1) is 15.2. The molecule has 0 fully saturated rings. The number of benzene rings is 1. The zero-order valence-corrected chi connectivity index (χ0v) is 15.3. The first-order chi connectivity index (χ1) is 9.45. The van der Waals surface area contributed by atoms with Gasteiger partial charge in [-0.1, -0.05) is 0 Å². The van der Waals surface area contributed by atoms with Crippen LogP contribution in [-0.4, -0.2) is 35.9 Å². The van der Waals surface area contributed by atoms with Crippen LogP contribution < -0.4 is 3.71 Å². The summed E-state index contributed by atoms with van der Waals surface area (Å²) in [7, 11) is 0. The molecule has 0 aliphatic carbocycles. The van der Waals surface area contributed by atoms with Crippen molar-refractivity contribution < 1.29 is 9.53 Å². The Bertz CT molecular complexity index is 597. The third kappa shape index (κ3) is 3.08. The second-order valence-electron chi connectivity index (χ2n) is 5.79. The Hall–Kier alpha value is -1.23. The van der Waals surface area contributed by atoms with Gasteiger partial charge in [0.15, 0.2) is 0 Å². The minimum absolute atomic E-state index is 0.214. The Balaban J connectivity index is 2.59. The van der Waals surface area contributed by atoms with Gasteiger partial charge in [-0.2, -0.15) is 0 Å². The van der Waals surface area contributed by atoms with Gasteiger partial charge in [-0.3, -0.25) is 0 Å². The third-order valence-corrected chi connectivity index (χ3v) is 8.60. The molecule has 0 saturated carbocycles. The summed E-state index contributed by atoms with van der Waals surface area (Å²) in [6.45, 7) is 2.24.